The van der Waals surface area contributed by atoms with E-state index < -0.39 is 70.2 Å². The summed E-state index contributed by atoms with van der Waals surface area (Å²) in [5.41, 5.74) is 1.88. The van der Waals surface area contributed by atoms with Gasteiger partial charge in [0.1, 0.15) is 18.1 Å². The number of rotatable bonds is 15. The number of halogens is 3. The van der Waals surface area contributed by atoms with Crippen LogP contribution in [0.1, 0.15) is 145 Å². The van der Waals surface area contributed by atoms with Gasteiger partial charge in [0.05, 0.1) is 0 Å². The Balaban J connectivity index is 1.58. The number of nitrogens with zero attached hydrogens (tertiary/aromatic N) is 3. The van der Waals surface area contributed by atoms with Crippen LogP contribution >= 0.6 is 34.8 Å². The molecule has 7 rings (SSSR count). The van der Waals surface area contributed by atoms with Crippen LogP contribution in [-0.2, 0) is 14.4 Å². The Morgan fingerprint density at radius 2 is 0.531 bits per heavy atom. The third-order valence-corrected chi connectivity index (χ3v) is 13.6. The summed E-state index contributed by atoms with van der Waals surface area (Å²) in [5, 5.41) is 10.4. The Bertz CT molecular complexity index is 3050. The zero-order valence-corrected chi connectivity index (χ0v) is 50.0. The molecule has 12 nitrogen and oxygen atoms in total. The van der Waals surface area contributed by atoms with E-state index >= 15 is 14.4 Å². The lowest BCUT2D eigenvalue weighted by Gasteiger charge is -2.35. The van der Waals surface area contributed by atoms with E-state index in [1.54, 1.807) is 109 Å². The first-order valence-electron chi connectivity index (χ1n) is 26.6. The number of hydrogen-bond acceptors (Lipinski definition) is 6. The molecule has 7 aromatic carbocycles. The number of nitrogens with one attached hydrogen (secondary N) is 3. The zero-order valence-electron chi connectivity index (χ0n) is 47.7. The molecule has 420 valence electrons. The lowest BCUT2D eigenvalue weighted by Crippen LogP contribution is -2.50. The largest absolute Gasteiger partial charge is 0.349 e. The Morgan fingerprint density at radius 1 is 0.333 bits per heavy atom. The summed E-state index contributed by atoms with van der Waals surface area (Å²) in [6, 6.07) is 40.9. The number of amides is 6. The molecule has 0 heterocycles. The van der Waals surface area contributed by atoms with E-state index in [0.717, 1.165) is 16.7 Å². The molecule has 0 aliphatic carbocycles. The van der Waals surface area contributed by atoms with Crippen LogP contribution in [0.15, 0.2) is 164 Å². The Labute approximate surface area is 490 Å². The third-order valence-electron chi connectivity index (χ3n) is 12.8. The molecule has 0 fully saturated rings. The van der Waals surface area contributed by atoms with Crippen molar-refractivity contribution in [2.45, 2.75) is 118 Å². The Hall–Kier alpha value is -7.77. The molecule has 0 saturated heterocycles. The normalized spacial score (nSPS) is 12.8. The second-order valence-electron chi connectivity index (χ2n) is 23.4. The maximum Gasteiger partial charge on any atom is 0.259 e. The van der Waals surface area contributed by atoms with Crippen molar-refractivity contribution in [1.29, 1.82) is 0 Å². The predicted molar refractivity (Wildman–Crippen MR) is 327 cm³/mol. The van der Waals surface area contributed by atoms with Crippen LogP contribution in [0.3, 0.4) is 0 Å². The highest BCUT2D eigenvalue weighted by Crippen LogP contribution is 2.37. The van der Waals surface area contributed by atoms with Crippen LogP contribution in [0.2, 0.25) is 15.1 Å². The lowest BCUT2D eigenvalue weighted by atomic mass is 9.95. The molecule has 7 aromatic rings. The second-order valence-corrected chi connectivity index (χ2v) is 24.7. The average Bonchev–Trinajstić information content (AvgIpc) is 3.34. The number of benzene rings is 7. The third kappa shape index (κ3) is 15.6. The second kappa shape index (κ2) is 24.9. The SMILES string of the molecule is Cc1ccc(N(C(=O)c2cc(C(=O)N(c3ccc(C)cc3)[C@@H](C(=O)NC(C)(C)C)c3ccc(Cl)cc3)cc(C(=O)N(c3ccc(C)cc3)[C@@H](C(=O)NC(C)(C)C)c3ccc(Cl)cc3)c2)[C@@H](C(=O)NC(C)(C)C)c2ccc(Cl)cc2)cc1. The quantitative estimate of drug-likeness (QED) is 0.0931. The van der Waals surface area contributed by atoms with Gasteiger partial charge in [0.25, 0.3) is 17.7 Å². The van der Waals surface area contributed by atoms with Crippen molar-refractivity contribution in [1.82, 2.24) is 16.0 Å². The number of aryl methyl sites for hydroxylation is 3. The number of hydrogen-bond donors (Lipinski definition) is 3. The van der Waals surface area contributed by atoms with Gasteiger partial charge in [0.2, 0.25) is 17.7 Å². The molecule has 0 unspecified atom stereocenters. The molecule has 3 atom stereocenters. The highest BCUT2D eigenvalue weighted by Gasteiger charge is 2.40. The Kier molecular flexibility index (Phi) is 18.7. The standard InChI is InChI=1S/C66H69Cl3N6O6/c1-40-13-31-52(32-14-40)73(55(58(76)70-64(4,5)6)43-19-25-49(67)26-20-43)61(79)46-37-47(62(80)74(53-33-15-41(2)16-34-53)56(59(77)71-65(7,8)9)44-21-27-50(68)28-22-44)39-48(38-46)63(81)75(54-35-17-42(3)18-36-54)57(60(78)72-66(10,11)12)45-23-29-51(69)30-24-45/h13-39,55-57H,1-12H3,(H,70,76)(H,71,77)(H,72,78)/t55-,56-,57-/m1/s1. The first-order chi connectivity index (χ1) is 38.0. The molecule has 3 N–H and O–H groups in total. The van der Waals surface area contributed by atoms with Gasteiger partial charge in [-0.05, 0) is 191 Å². The lowest BCUT2D eigenvalue weighted by molar-refractivity contribution is -0.124. The molecule has 6 amide bonds. The van der Waals surface area contributed by atoms with E-state index in [1.165, 1.54) is 32.9 Å². The maximum atomic E-state index is 16.3. The minimum atomic E-state index is -1.35. The fourth-order valence-electron chi connectivity index (χ4n) is 9.18. The van der Waals surface area contributed by atoms with Gasteiger partial charge in [0, 0.05) is 65.4 Å². The molecule has 81 heavy (non-hydrogen) atoms. The summed E-state index contributed by atoms with van der Waals surface area (Å²) in [5.74, 6) is -3.96. The van der Waals surface area contributed by atoms with Gasteiger partial charge in [-0.2, -0.15) is 0 Å². The van der Waals surface area contributed by atoms with Crippen molar-refractivity contribution < 1.29 is 28.8 Å². The summed E-state index contributed by atoms with van der Waals surface area (Å²) in [6.07, 6.45) is 0. The molecule has 0 bridgehead atoms. The number of carbonyl (C=O) groups is 6. The van der Waals surface area contributed by atoms with Crippen molar-refractivity contribution in [3.8, 4) is 0 Å². The fraction of sp³-hybridized carbons (Fsp3) is 0.273. The van der Waals surface area contributed by atoms with Gasteiger partial charge in [-0.25, -0.2) is 0 Å². The molecule has 0 aromatic heterocycles. The maximum absolute atomic E-state index is 16.3. The summed E-state index contributed by atoms with van der Waals surface area (Å²) >= 11 is 19.3. The molecule has 0 aliphatic heterocycles. The van der Waals surface area contributed by atoms with Gasteiger partial charge in [-0.3, -0.25) is 43.5 Å². The van der Waals surface area contributed by atoms with E-state index in [2.05, 4.69) is 16.0 Å². The van der Waals surface area contributed by atoms with Crippen molar-refractivity contribution in [3.05, 3.63) is 229 Å². The highest BCUT2D eigenvalue weighted by atomic mass is 35.5. The first-order valence-corrected chi connectivity index (χ1v) is 27.7. The minimum absolute atomic E-state index is 0.190. The molecule has 15 heteroatoms. The van der Waals surface area contributed by atoms with Crippen LogP contribution < -0.4 is 30.7 Å². The fourth-order valence-corrected chi connectivity index (χ4v) is 9.56. The van der Waals surface area contributed by atoms with Crippen molar-refractivity contribution in [2.75, 3.05) is 14.7 Å². The van der Waals surface area contributed by atoms with Gasteiger partial charge in [-0.1, -0.05) is 124 Å². The predicted octanol–water partition coefficient (Wildman–Crippen LogP) is 14.5. The number of anilines is 3. The monoisotopic (exact) mass is 1150 g/mol. The van der Waals surface area contributed by atoms with Gasteiger partial charge in [0.15, 0.2) is 0 Å². The van der Waals surface area contributed by atoms with E-state index in [0.29, 0.717) is 48.8 Å². The van der Waals surface area contributed by atoms with Gasteiger partial charge in [-0.15, -0.1) is 0 Å². The van der Waals surface area contributed by atoms with Crippen LogP contribution in [-0.4, -0.2) is 52.1 Å². The van der Waals surface area contributed by atoms with Crippen molar-refractivity contribution in [2.24, 2.45) is 0 Å². The molecule has 0 saturated carbocycles. The van der Waals surface area contributed by atoms with Crippen LogP contribution in [0.25, 0.3) is 0 Å². The number of carbonyl (C=O) groups excluding carboxylic acids is 6. The topological polar surface area (TPSA) is 148 Å². The Morgan fingerprint density at radius 3 is 0.716 bits per heavy atom. The van der Waals surface area contributed by atoms with E-state index in [-0.39, 0.29) is 16.7 Å². The average molecular weight is 1150 g/mol. The zero-order chi connectivity index (χ0) is 59.3. The summed E-state index contributed by atoms with van der Waals surface area (Å²) < 4.78 is 0. The molecular weight excluding hydrogens is 1080 g/mol. The van der Waals surface area contributed by atoms with Crippen LogP contribution in [0.4, 0.5) is 17.1 Å². The van der Waals surface area contributed by atoms with Crippen LogP contribution in [0.5, 0.6) is 0 Å². The highest BCUT2D eigenvalue weighted by molar-refractivity contribution is 6.31. The molecular formula is C66H69Cl3N6O6. The van der Waals surface area contributed by atoms with Gasteiger partial charge < -0.3 is 16.0 Å². The van der Waals surface area contributed by atoms with E-state index in [1.807, 2.05) is 119 Å². The van der Waals surface area contributed by atoms with E-state index in [4.69, 9.17) is 34.8 Å². The smallest absolute Gasteiger partial charge is 0.259 e. The van der Waals surface area contributed by atoms with Crippen molar-refractivity contribution in [3.63, 3.8) is 0 Å². The molecule has 0 spiro atoms. The van der Waals surface area contributed by atoms with E-state index in [9.17, 15) is 14.4 Å². The summed E-state index contributed by atoms with van der Waals surface area (Å²) in [4.78, 5) is 97.9. The summed E-state index contributed by atoms with van der Waals surface area (Å²) in [6.45, 7) is 22.1. The summed E-state index contributed by atoms with van der Waals surface area (Å²) in [7, 11) is 0. The molecule has 0 radical (unpaired) electrons. The van der Waals surface area contributed by atoms with Gasteiger partial charge >= 0.3 is 0 Å². The van der Waals surface area contributed by atoms with Crippen LogP contribution in [0, 0.1) is 20.8 Å². The van der Waals surface area contributed by atoms with Crippen molar-refractivity contribution >= 4 is 87.3 Å². The molecule has 0 aliphatic rings. The minimum Gasteiger partial charge on any atom is -0.349 e. The first kappa shape index (κ1) is 60.9.